The van der Waals surface area contributed by atoms with Crippen molar-refractivity contribution in [3.05, 3.63) is 29.8 Å². The Hall–Kier alpha value is -1.39. The summed E-state index contributed by atoms with van der Waals surface area (Å²) in [6, 6.07) is 8.03. The molecule has 4 nitrogen and oxygen atoms in total. The van der Waals surface area contributed by atoms with Gasteiger partial charge in [0.2, 0.25) is 5.91 Å². The van der Waals surface area contributed by atoms with Crippen molar-refractivity contribution in [1.82, 2.24) is 5.32 Å². The van der Waals surface area contributed by atoms with Crippen LogP contribution < -0.4 is 16.4 Å². The van der Waals surface area contributed by atoms with Gasteiger partial charge in [0.15, 0.2) is 0 Å². The highest BCUT2D eigenvalue weighted by Crippen LogP contribution is 2.31. The van der Waals surface area contributed by atoms with E-state index in [-0.39, 0.29) is 11.8 Å². The molecule has 0 radical (unpaired) electrons. The summed E-state index contributed by atoms with van der Waals surface area (Å²) in [5.74, 6) is 0.552. The lowest BCUT2D eigenvalue weighted by Crippen LogP contribution is -2.29. The Kier molecular flexibility index (Phi) is 5.56. The highest BCUT2D eigenvalue weighted by Gasteiger charge is 2.31. The highest BCUT2D eigenvalue weighted by atomic mass is 16.1. The van der Waals surface area contributed by atoms with Crippen LogP contribution in [0.1, 0.15) is 31.7 Å². The van der Waals surface area contributed by atoms with Crippen molar-refractivity contribution in [2.45, 2.75) is 32.7 Å². The molecule has 1 aromatic rings. The molecule has 110 valence electrons. The number of carbonyl (C=O) groups is 1. The van der Waals surface area contributed by atoms with Gasteiger partial charge in [0.25, 0.3) is 0 Å². The molecule has 4 heteroatoms. The highest BCUT2D eigenvalue weighted by molar-refractivity contribution is 5.93. The Labute approximate surface area is 121 Å². The molecular weight excluding hydrogens is 250 g/mol. The number of rotatable bonds is 6. The van der Waals surface area contributed by atoms with Gasteiger partial charge in [-0.05, 0) is 49.5 Å². The molecule has 1 saturated carbocycles. The van der Waals surface area contributed by atoms with Crippen LogP contribution in [0.15, 0.2) is 24.3 Å². The molecule has 1 aromatic carbocycles. The molecule has 2 rings (SSSR count). The molecule has 1 aliphatic rings. The summed E-state index contributed by atoms with van der Waals surface area (Å²) in [6.45, 7) is 4.46. The Morgan fingerprint density at radius 3 is 3.00 bits per heavy atom. The number of hydrogen-bond donors (Lipinski definition) is 3. The van der Waals surface area contributed by atoms with Gasteiger partial charge in [-0.2, -0.15) is 0 Å². The lowest BCUT2D eigenvalue weighted by molar-refractivity contribution is -0.120. The largest absolute Gasteiger partial charge is 0.330 e. The summed E-state index contributed by atoms with van der Waals surface area (Å²) in [6.07, 6.45) is 3.15. The van der Waals surface area contributed by atoms with Gasteiger partial charge < -0.3 is 16.4 Å². The van der Waals surface area contributed by atoms with E-state index < -0.39 is 0 Å². The fourth-order valence-corrected chi connectivity index (χ4v) is 2.93. The van der Waals surface area contributed by atoms with E-state index in [4.69, 9.17) is 5.73 Å². The van der Waals surface area contributed by atoms with Crippen molar-refractivity contribution in [2.75, 3.05) is 18.4 Å². The van der Waals surface area contributed by atoms with Crippen molar-refractivity contribution in [3.8, 4) is 0 Å². The summed E-state index contributed by atoms with van der Waals surface area (Å²) in [4.78, 5) is 12.3. The number of carbonyl (C=O) groups excluding carboxylic acids is 1. The normalized spacial score (nSPS) is 21.9. The maximum Gasteiger partial charge on any atom is 0.227 e. The summed E-state index contributed by atoms with van der Waals surface area (Å²) >= 11 is 0. The average Bonchev–Trinajstić information content (AvgIpc) is 2.94. The molecule has 2 atom stereocenters. The van der Waals surface area contributed by atoms with Crippen molar-refractivity contribution >= 4 is 11.6 Å². The second-order valence-electron chi connectivity index (χ2n) is 5.50. The summed E-state index contributed by atoms with van der Waals surface area (Å²) in [5.41, 5.74) is 7.82. The number of anilines is 1. The standard InChI is InChI=1S/C16H25N3O/c1-2-18-11-12-5-3-7-14(9-12)19-16(20)15-8-4-6-13(15)10-17/h3,5,7,9,13,15,18H,2,4,6,8,10-11,17H2,1H3,(H,19,20)/t13-,15-/m1/s1. The van der Waals surface area contributed by atoms with Crippen LogP contribution in [0.4, 0.5) is 5.69 Å². The minimum absolute atomic E-state index is 0.0809. The van der Waals surface area contributed by atoms with E-state index in [1.165, 1.54) is 5.56 Å². The Bertz CT molecular complexity index is 447. The van der Waals surface area contributed by atoms with Crippen LogP contribution in [0.5, 0.6) is 0 Å². The molecule has 0 unspecified atom stereocenters. The molecule has 0 saturated heterocycles. The first-order chi connectivity index (χ1) is 9.74. The average molecular weight is 275 g/mol. The third-order valence-electron chi connectivity index (χ3n) is 4.07. The van der Waals surface area contributed by atoms with Crippen LogP contribution in [0, 0.1) is 11.8 Å². The SMILES string of the molecule is CCNCc1cccc(NC(=O)[C@@H]2CCC[C@@H]2CN)c1. The van der Waals surface area contributed by atoms with E-state index in [9.17, 15) is 4.79 Å². The quantitative estimate of drug-likeness (QED) is 0.745. The minimum Gasteiger partial charge on any atom is -0.330 e. The predicted molar refractivity (Wildman–Crippen MR) is 82.3 cm³/mol. The molecule has 0 heterocycles. The van der Waals surface area contributed by atoms with Gasteiger partial charge in [-0.25, -0.2) is 0 Å². The summed E-state index contributed by atoms with van der Waals surface area (Å²) in [5, 5.41) is 6.33. The molecule has 0 aromatic heterocycles. The molecule has 1 fully saturated rings. The zero-order valence-corrected chi connectivity index (χ0v) is 12.2. The van der Waals surface area contributed by atoms with Crippen LogP contribution in [0.3, 0.4) is 0 Å². The van der Waals surface area contributed by atoms with Gasteiger partial charge >= 0.3 is 0 Å². The second kappa shape index (κ2) is 7.41. The molecule has 20 heavy (non-hydrogen) atoms. The minimum atomic E-state index is 0.0809. The lowest BCUT2D eigenvalue weighted by Gasteiger charge is -2.17. The van der Waals surface area contributed by atoms with E-state index in [0.29, 0.717) is 12.5 Å². The predicted octanol–water partition coefficient (Wildman–Crippen LogP) is 2.11. The second-order valence-corrected chi connectivity index (χ2v) is 5.50. The van der Waals surface area contributed by atoms with E-state index in [1.807, 2.05) is 18.2 Å². The number of hydrogen-bond acceptors (Lipinski definition) is 3. The van der Waals surface area contributed by atoms with E-state index in [2.05, 4.69) is 23.6 Å². The van der Waals surface area contributed by atoms with Gasteiger partial charge in [0.05, 0.1) is 0 Å². The van der Waals surface area contributed by atoms with Gasteiger partial charge in [-0.15, -0.1) is 0 Å². The summed E-state index contributed by atoms with van der Waals surface area (Å²) in [7, 11) is 0. The monoisotopic (exact) mass is 275 g/mol. The van der Waals surface area contributed by atoms with Crippen LogP contribution in [-0.2, 0) is 11.3 Å². The first-order valence-corrected chi connectivity index (χ1v) is 7.55. The maximum absolute atomic E-state index is 12.3. The zero-order chi connectivity index (χ0) is 14.4. The van der Waals surface area contributed by atoms with Gasteiger partial charge in [0, 0.05) is 18.2 Å². The molecule has 1 amide bonds. The summed E-state index contributed by atoms with van der Waals surface area (Å²) < 4.78 is 0. The molecule has 0 spiro atoms. The Morgan fingerprint density at radius 1 is 1.40 bits per heavy atom. The molecular formula is C16H25N3O. The first-order valence-electron chi connectivity index (χ1n) is 7.55. The Morgan fingerprint density at radius 2 is 2.25 bits per heavy atom. The van der Waals surface area contributed by atoms with Crippen molar-refractivity contribution < 1.29 is 4.79 Å². The first kappa shape index (κ1) is 15.0. The van der Waals surface area contributed by atoms with Crippen LogP contribution in [-0.4, -0.2) is 19.0 Å². The number of amides is 1. The molecule has 0 aliphatic heterocycles. The van der Waals surface area contributed by atoms with Crippen LogP contribution in [0.2, 0.25) is 0 Å². The molecule has 4 N–H and O–H groups in total. The van der Waals surface area contributed by atoms with Crippen molar-refractivity contribution in [3.63, 3.8) is 0 Å². The maximum atomic E-state index is 12.3. The van der Waals surface area contributed by atoms with Crippen molar-refractivity contribution in [2.24, 2.45) is 17.6 Å². The number of benzene rings is 1. The smallest absolute Gasteiger partial charge is 0.227 e. The zero-order valence-electron chi connectivity index (χ0n) is 12.2. The van der Waals surface area contributed by atoms with Gasteiger partial charge in [-0.1, -0.05) is 25.5 Å². The fraction of sp³-hybridized carbons (Fsp3) is 0.562. The van der Waals surface area contributed by atoms with E-state index >= 15 is 0 Å². The number of nitrogens with one attached hydrogen (secondary N) is 2. The van der Waals surface area contributed by atoms with Gasteiger partial charge in [-0.3, -0.25) is 4.79 Å². The third-order valence-corrected chi connectivity index (χ3v) is 4.07. The number of nitrogens with two attached hydrogens (primary N) is 1. The fourth-order valence-electron chi connectivity index (χ4n) is 2.93. The van der Waals surface area contributed by atoms with Crippen LogP contribution >= 0.6 is 0 Å². The lowest BCUT2D eigenvalue weighted by atomic mass is 9.95. The third kappa shape index (κ3) is 3.81. The molecule has 1 aliphatic carbocycles. The Balaban J connectivity index is 1.97. The van der Waals surface area contributed by atoms with Gasteiger partial charge in [0.1, 0.15) is 0 Å². The molecule has 0 bridgehead atoms. The topological polar surface area (TPSA) is 67.1 Å². The van der Waals surface area contributed by atoms with E-state index in [1.54, 1.807) is 0 Å². The van der Waals surface area contributed by atoms with Crippen molar-refractivity contribution in [1.29, 1.82) is 0 Å². The van der Waals surface area contributed by atoms with Crippen LogP contribution in [0.25, 0.3) is 0 Å². The van der Waals surface area contributed by atoms with E-state index in [0.717, 1.165) is 38.0 Å².